The number of hydrogen-bond acceptors (Lipinski definition) is 4. The van der Waals surface area contributed by atoms with Crippen LogP contribution in [0.25, 0.3) is 0 Å². The molecule has 1 saturated heterocycles. The second-order valence-electron chi connectivity index (χ2n) is 6.00. The van der Waals surface area contributed by atoms with E-state index in [1.54, 1.807) is 30.2 Å². The molecule has 3 rings (SSSR count). The van der Waals surface area contributed by atoms with Gasteiger partial charge < -0.3 is 14.4 Å². The average molecular weight is 339 g/mol. The minimum atomic E-state index is -0.483. The molecule has 0 spiro atoms. The van der Waals surface area contributed by atoms with Gasteiger partial charge in [0.05, 0.1) is 18.7 Å². The molecule has 1 aliphatic rings. The Bertz CT molecular complexity index is 770. The lowest BCUT2D eigenvalue weighted by molar-refractivity contribution is -0.139. The van der Waals surface area contributed by atoms with Crippen LogP contribution in [0.15, 0.2) is 48.5 Å². The summed E-state index contributed by atoms with van der Waals surface area (Å²) in [6.07, 6.45) is 1.07. The number of carbonyl (C=O) groups excluding carboxylic acids is 2. The molecule has 25 heavy (non-hydrogen) atoms. The standard InChI is InChI=1S/C20H21NO4/c1-3-14-8-10-16(11-9-14)25-20(23)15-12-19(22)21(13-15)17-6-4-5-7-18(17)24-2/h4-11,15H,3,12-13H2,1-2H3/t15-/m0/s1. The van der Waals surface area contributed by atoms with Crippen LogP contribution in [-0.4, -0.2) is 25.5 Å². The molecule has 1 amide bonds. The van der Waals surface area contributed by atoms with E-state index in [9.17, 15) is 9.59 Å². The third kappa shape index (κ3) is 3.65. The highest BCUT2D eigenvalue weighted by molar-refractivity contribution is 6.00. The van der Waals surface area contributed by atoms with Crippen LogP contribution in [0.5, 0.6) is 11.5 Å². The highest BCUT2D eigenvalue weighted by Gasteiger charge is 2.37. The summed E-state index contributed by atoms with van der Waals surface area (Å²) in [5, 5.41) is 0. The Kier molecular flexibility index (Phi) is 5.03. The fraction of sp³-hybridized carbons (Fsp3) is 0.300. The van der Waals surface area contributed by atoms with Gasteiger partial charge in [0, 0.05) is 13.0 Å². The number of nitrogens with zero attached hydrogens (tertiary/aromatic N) is 1. The Labute approximate surface area is 147 Å². The minimum Gasteiger partial charge on any atom is -0.495 e. The normalized spacial score (nSPS) is 16.8. The van der Waals surface area contributed by atoms with Crippen molar-refractivity contribution in [1.82, 2.24) is 0 Å². The van der Waals surface area contributed by atoms with Gasteiger partial charge >= 0.3 is 5.97 Å². The molecule has 5 nitrogen and oxygen atoms in total. The highest BCUT2D eigenvalue weighted by Crippen LogP contribution is 2.33. The topological polar surface area (TPSA) is 55.8 Å². The lowest BCUT2D eigenvalue weighted by Gasteiger charge is -2.19. The monoisotopic (exact) mass is 339 g/mol. The van der Waals surface area contributed by atoms with E-state index < -0.39 is 5.92 Å². The molecular formula is C20H21NO4. The maximum absolute atomic E-state index is 12.4. The molecule has 0 N–H and O–H groups in total. The molecule has 0 aliphatic carbocycles. The summed E-state index contributed by atoms with van der Waals surface area (Å²) in [4.78, 5) is 26.4. The molecule has 0 radical (unpaired) electrons. The fourth-order valence-electron chi connectivity index (χ4n) is 2.94. The number of ether oxygens (including phenoxy) is 2. The molecule has 2 aromatic carbocycles. The summed E-state index contributed by atoms with van der Waals surface area (Å²) >= 11 is 0. The van der Waals surface area contributed by atoms with Crippen LogP contribution in [0.1, 0.15) is 18.9 Å². The Morgan fingerprint density at radius 2 is 1.88 bits per heavy atom. The van der Waals surface area contributed by atoms with Crippen molar-refractivity contribution >= 4 is 17.6 Å². The third-order valence-corrected chi connectivity index (χ3v) is 4.38. The van der Waals surface area contributed by atoms with Gasteiger partial charge in [-0.1, -0.05) is 31.2 Å². The summed E-state index contributed by atoms with van der Waals surface area (Å²) in [7, 11) is 1.56. The number of aryl methyl sites for hydroxylation is 1. The molecule has 0 unspecified atom stereocenters. The maximum Gasteiger partial charge on any atom is 0.316 e. The summed E-state index contributed by atoms with van der Waals surface area (Å²) in [6, 6.07) is 14.7. The van der Waals surface area contributed by atoms with Crippen LogP contribution in [0.2, 0.25) is 0 Å². The van der Waals surface area contributed by atoms with Crippen molar-refractivity contribution in [3.63, 3.8) is 0 Å². The van der Waals surface area contributed by atoms with Crippen molar-refractivity contribution < 1.29 is 19.1 Å². The van der Waals surface area contributed by atoms with Crippen LogP contribution < -0.4 is 14.4 Å². The van der Waals surface area contributed by atoms with Gasteiger partial charge in [0.25, 0.3) is 0 Å². The third-order valence-electron chi connectivity index (χ3n) is 4.38. The van der Waals surface area contributed by atoms with Crippen LogP contribution in [0.3, 0.4) is 0 Å². The molecule has 5 heteroatoms. The van der Waals surface area contributed by atoms with Crippen LogP contribution in [0.4, 0.5) is 5.69 Å². The zero-order valence-corrected chi connectivity index (χ0v) is 14.4. The number of esters is 1. The first-order chi connectivity index (χ1) is 12.1. The number of amides is 1. The first-order valence-corrected chi connectivity index (χ1v) is 8.36. The summed E-state index contributed by atoms with van der Waals surface area (Å²) < 4.78 is 10.7. The average Bonchev–Trinajstić information content (AvgIpc) is 3.04. The molecule has 0 aromatic heterocycles. The van der Waals surface area contributed by atoms with Crippen LogP contribution >= 0.6 is 0 Å². The second kappa shape index (κ2) is 7.38. The van der Waals surface area contributed by atoms with E-state index in [2.05, 4.69) is 6.92 Å². The van der Waals surface area contributed by atoms with Crippen molar-refractivity contribution in [2.75, 3.05) is 18.6 Å². The molecule has 130 valence electrons. The molecule has 1 fully saturated rings. The number of benzene rings is 2. The Hall–Kier alpha value is -2.82. The van der Waals surface area contributed by atoms with Gasteiger partial charge in [0.1, 0.15) is 11.5 Å². The van der Waals surface area contributed by atoms with E-state index in [1.165, 1.54) is 5.56 Å². The van der Waals surface area contributed by atoms with Gasteiger partial charge in [0.2, 0.25) is 5.91 Å². The predicted molar refractivity (Wildman–Crippen MR) is 94.9 cm³/mol. The molecular weight excluding hydrogens is 318 g/mol. The first-order valence-electron chi connectivity index (χ1n) is 8.36. The van der Waals surface area contributed by atoms with Gasteiger partial charge in [-0.3, -0.25) is 9.59 Å². The number of methoxy groups -OCH3 is 1. The van der Waals surface area contributed by atoms with E-state index in [1.807, 2.05) is 30.3 Å². The summed E-state index contributed by atoms with van der Waals surface area (Å²) in [6.45, 7) is 2.36. The Morgan fingerprint density at radius 1 is 1.16 bits per heavy atom. The van der Waals surface area contributed by atoms with Gasteiger partial charge in [-0.2, -0.15) is 0 Å². The summed E-state index contributed by atoms with van der Waals surface area (Å²) in [5.41, 5.74) is 1.86. The lowest BCUT2D eigenvalue weighted by Crippen LogP contribution is -2.27. The molecule has 1 aliphatic heterocycles. The lowest BCUT2D eigenvalue weighted by atomic mass is 10.1. The number of rotatable bonds is 5. The zero-order chi connectivity index (χ0) is 17.8. The largest absolute Gasteiger partial charge is 0.495 e. The van der Waals surface area contributed by atoms with Crippen molar-refractivity contribution in [3.05, 3.63) is 54.1 Å². The van der Waals surface area contributed by atoms with E-state index >= 15 is 0 Å². The van der Waals surface area contributed by atoms with Crippen molar-refractivity contribution in [2.45, 2.75) is 19.8 Å². The molecule has 1 heterocycles. The van der Waals surface area contributed by atoms with Crippen molar-refractivity contribution in [3.8, 4) is 11.5 Å². The predicted octanol–water partition coefficient (Wildman–Crippen LogP) is 3.22. The van der Waals surface area contributed by atoms with Gasteiger partial charge in [0.15, 0.2) is 0 Å². The van der Waals surface area contributed by atoms with E-state index in [0.29, 0.717) is 23.7 Å². The molecule has 2 aromatic rings. The smallest absolute Gasteiger partial charge is 0.316 e. The highest BCUT2D eigenvalue weighted by atomic mass is 16.5. The number of para-hydroxylation sites is 2. The van der Waals surface area contributed by atoms with Crippen LogP contribution in [-0.2, 0) is 16.0 Å². The van der Waals surface area contributed by atoms with Crippen LogP contribution in [0, 0.1) is 5.92 Å². The SMILES string of the molecule is CCc1ccc(OC(=O)[C@H]2CC(=O)N(c3ccccc3OC)C2)cc1. The molecule has 1 atom stereocenters. The number of hydrogen-bond donors (Lipinski definition) is 0. The van der Waals surface area contributed by atoms with Gasteiger partial charge in [-0.15, -0.1) is 0 Å². The van der Waals surface area contributed by atoms with Crippen molar-refractivity contribution in [2.24, 2.45) is 5.92 Å². The van der Waals surface area contributed by atoms with E-state index in [4.69, 9.17) is 9.47 Å². The summed E-state index contributed by atoms with van der Waals surface area (Å²) in [5.74, 6) is 0.149. The first kappa shape index (κ1) is 17.0. The zero-order valence-electron chi connectivity index (χ0n) is 14.4. The van der Waals surface area contributed by atoms with E-state index in [-0.39, 0.29) is 18.3 Å². The van der Waals surface area contributed by atoms with Gasteiger partial charge in [-0.05, 0) is 36.2 Å². The quantitative estimate of drug-likeness (QED) is 0.620. The van der Waals surface area contributed by atoms with Crippen molar-refractivity contribution in [1.29, 1.82) is 0 Å². The number of carbonyl (C=O) groups is 2. The van der Waals surface area contributed by atoms with Gasteiger partial charge in [-0.25, -0.2) is 0 Å². The minimum absolute atomic E-state index is 0.104. The Morgan fingerprint density at radius 3 is 2.56 bits per heavy atom. The maximum atomic E-state index is 12.4. The second-order valence-corrected chi connectivity index (χ2v) is 6.00. The van der Waals surface area contributed by atoms with E-state index in [0.717, 1.165) is 6.42 Å². The number of anilines is 1. The fourth-order valence-corrected chi connectivity index (χ4v) is 2.94. The molecule has 0 bridgehead atoms. The molecule has 0 saturated carbocycles. The Balaban J connectivity index is 1.70.